The molecule has 0 bridgehead atoms. The van der Waals surface area contributed by atoms with Crippen molar-refractivity contribution >= 4 is 35.0 Å². The molecule has 4 N–H and O–H groups in total. The first-order chi connectivity index (χ1) is 8.72. The number of nitrogens with zero attached hydrogens (tertiary/aromatic N) is 2. The number of hydrogen-bond donors (Lipinski definition) is 3. The zero-order valence-electron chi connectivity index (χ0n) is 10.3. The Labute approximate surface area is 116 Å². The van der Waals surface area contributed by atoms with Crippen LogP contribution in [0.25, 0.3) is 11.0 Å². The second-order valence-corrected chi connectivity index (χ2v) is 4.79. The van der Waals surface area contributed by atoms with Crippen LogP contribution in [-0.2, 0) is 4.79 Å². The number of hydrogen-bond acceptors (Lipinski definition) is 4. The van der Waals surface area contributed by atoms with Gasteiger partial charge in [0.2, 0.25) is 5.91 Å². The summed E-state index contributed by atoms with van der Waals surface area (Å²) in [5.41, 5.74) is 8.10. The molecule has 19 heavy (non-hydrogen) atoms. The fourth-order valence-electron chi connectivity index (χ4n) is 2.42. The number of nitrogens with one attached hydrogen (secondary N) is 2. The Morgan fingerprint density at radius 3 is 2.84 bits per heavy atom. The second-order valence-electron chi connectivity index (χ2n) is 4.79. The van der Waals surface area contributed by atoms with Crippen molar-refractivity contribution < 1.29 is 4.79 Å². The van der Waals surface area contributed by atoms with Crippen molar-refractivity contribution in [3.63, 3.8) is 0 Å². The molecular weight excluding hydrogens is 266 g/mol. The van der Waals surface area contributed by atoms with Gasteiger partial charge in [-0.3, -0.25) is 4.79 Å². The zero-order chi connectivity index (χ0) is 12.5. The molecule has 3 rings (SSSR count). The number of H-pyrrole nitrogens is 1. The number of carbonyl (C=O) groups excluding carboxylic acids is 1. The molecule has 0 aliphatic heterocycles. The van der Waals surface area contributed by atoms with Crippen LogP contribution in [0, 0.1) is 5.92 Å². The minimum absolute atomic E-state index is 0. The Balaban J connectivity index is 0.00000133. The van der Waals surface area contributed by atoms with Gasteiger partial charge in [-0.1, -0.05) is 0 Å². The highest BCUT2D eigenvalue weighted by molar-refractivity contribution is 5.94. The minimum atomic E-state index is 0. The van der Waals surface area contributed by atoms with Crippen molar-refractivity contribution in [3.8, 4) is 0 Å². The third-order valence-electron chi connectivity index (χ3n) is 3.43. The van der Waals surface area contributed by atoms with E-state index in [0.717, 1.165) is 36.0 Å². The van der Waals surface area contributed by atoms with Crippen LogP contribution in [0.2, 0.25) is 0 Å². The number of anilines is 1. The number of fused-ring (bicyclic) bond motifs is 1. The molecule has 1 heterocycles. The fraction of sp³-hybridized carbons (Fsp3) is 0.417. The highest BCUT2D eigenvalue weighted by Gasteiger charge is 2.27. The van der Waals surface area contributed by atoms with Crippen LogP contribution in [0.4, 0.5) is 5.69 Å². The summed E-state index contributed by atoms with van der Waals surface area (Å²) in [6.07, 6.45) is 2.58. The molecule has 1 amide bonds. The van der Waals surface area contributed by atoms with E-state index in [9.17, 15) is 4.79 Å². The summed E-state index contributed by atoms with van der Waals surface area (Å²) in [6.45, 7) is 0. The van der Waals surface area contributed by atoms with Crippen LogP contribution in [0.3, 0.4) is 0 Å². The number of aromatic nitrogens is 3. The number of nitrogens with two attached hydrogens (primary N) is 1. The summed E-state index contributed by atoms with van der Waals surface area (Å²) in [5.74, 6) is 0.0822. The van der Waals surface area contributed by atoms with Crippen LogP contribution in [-0.4, -0.2) is 27.4 Å². The Bertz CT molecular complexity index is 584. The van der Waals surface area contributed by atoms with E-state index < -0.39 is 0 Å². The molecule has 7 heteroatoms. The summed E-state index contributed by atoms with van der Waals surface area (Å²) in [6, 6.07) is 5.64. The topological polar surface area (TPSA) is 96.7 Å². The molecule has 2 unspecified atom stereocenters. The third-order valence-corrected chi connectivity index (χ3v) is 3.43. The van der Waals surface area contributed by atoms with Crippen LogP contribution >= 0.6 is 12.4 Å². The minimum Gasteiger partial charge on any atom is -0.328 e. The van der Waals surface area contributed by atoms with Crippen molar-refractivity contribution in [1.29, 1.82) is 0 Å². The molecule has 2 atom stereocenters. The first-order valence-electron chi connectivity index (χ1n) is 6.09. The van der Waals surface area contributed by atoms with Crippen molar-refractivity contribution in [2.75, 3.05) is 5.32 Å². The van der Waals surface area contributed by atoms with E-state index in [0.29, 0.717) is 0 Å². The van der Waals surface area contributed by atoms with Gasteiger partial charge in [-0.05, 0) is 37.5 Å². The maximum atomic E-state index is 12.0. The molecule has 1 aliphatic carbocycles. The van der Waals surface area contributed by atoms with Crippen LogP contribution < -0.4 is 11.1 Å². The number of amides is 1. The Kier molecular flexibility index (Phi) is 4.01. The normalized spacial score (nSPS) is 22.2. The summed E-state index contributed by atoms with van der Waals surface area (Å²) >= 11 is 0. The molecular formula is C12H16ClN5O. The average Bonchev–Trinajstić information content (AvgIpc) is 2.96. The molecule has 6 nitrogen and oxygen atoms in total. The van der Waals surface area contributed by atoms with E-state index >= 15 is 0 Å². The van der Waals surface area contributed by atoms with Crippen LogP contribution in [0.15, 0.2) is 18.2 Å². The standard InChI is InChI=1S/C12H15N5O.ClH/c13-8-2-1-7(5-8)12(18)14-9-3-4-10-11(6-9)16-17-15-10;/h3-4,6-8H,1-2,5,13H2,(H,14,18)(H,15,16,17);1H. The van der Waals surface area contributed by atoms with Gasteiger partial charge in [0.15, 0.2) is 0 Å². The highest BCUT2D eigenvalue weighted by atomic mass is 35.5. The summed E-state index contributed by atoms with van der Waals surface area (Å²) in [5, 5.41) is 13.4. The van der Waals surface area contributed by atoms with Gasteiger partial charge in [0.1, 0.15) is 11.0 Å². The van der Waals surface area contributed by atoms with Gasteiger partial charge >= 0.3 is 0 Å². The summed E-state index contributed by atoms with van der Waals surface area (Å²) < 4.78 is 0. The largest absolute Gasteiger partial charge is 0.328 e. The third kappa shape index (κ3) is 2.85. The average molecular weight is 282 g/mol. The lowest BCUT2D eigenvalue weighted by Crippen LogP contribution is -2.23. The Morgan fingerprint density at radius 1 is 1.32 bits per heavy atom. The van der Waals surface area contributed by atoms with Crippen molar-refractivity contribution in [1.82, 2.24) is 15.4 Å². The number of benzene rings is 1. The fourth-order valence-corrected chi connectivity index (χ4v) is 2.42. The van der Waals surface area contributed by atoms with Crippen LogP contribution in [0.1, 0.15) is 19.3 Å². The van der Waals surface area contributed by atoms with Crippen molar-refractivity contribution in [2.45, 2.75) is 25.3 Å². The molecule has 1 aliphatic rings. The molecule has 1 fully saturated rings. The smallest absolute Gasteiger partial charge is 0.227 e. The SMILES string of the molecule is Cl.NC1CCC(C(=O)Nc2ccc3n[nH]nc3c2)C1. The van der Waals surface area contributed by atoms with Gasteiger partial charge in [0.05, 0.1) is 0 Å². The Morgan fingerprint density at radius 2 is 2.11 bits per heavy atom. The van der Waals surface area contributed by atoms with E-state index in [2.05, 4.69) is 20.7 Å². The molecule has 102 valence electrons. The van der Waals surface area contributed by atoms with Gasteiger partial charge < -0.3 is 11.1 Å². The van der Waals surface area contributed by atoms with Gasteiger partial charge in [-0.15, -0.1) is 12.4 Å². The maximum absolute atomic E-state index is 12.0. The Hall–Kier alpha value is -1.66. The molecule has 2 aromatic rings. The summed E-state index contributed by atoms with van der Waals surface area (Å²) in [7, 11) is 0. The molecule has 0 saturated heterocycles. The predicted molar refractivity (Wildman–Crippen MR) is 75.1 cm³/mol. The monoisotopic (exact) mass is 281 g/mol. The predicted octanol–water partition coefficient (Wildman–Crippen LogP) is 1.45. The molecule has 0 radical (unpaired) electrons. The molecule has 1 aromatic heterocycles. The van der Waals surface area contributed by atoms with E-state index in [-0.39, 0.29) is 30.3 Å². The van der Waals surface area contributed by atoms with Gasteiger partial charge in [-0.25, -0.2) is 0 Å². The number of aromatic amines is 1. The molecule has 0 spiro atoms. The molecule has 1 saturated carbocycles. The first kappa shape index (κ1) is 13.8. The van der Waals surface area contributed by atoms with Crippen molar-refractivity contribution in [3.05, 3.63) is 18.2 Å². The van der Waals surface area contributed by atoms with Crippen molar-refractivity contribution in [2.24, 2.45) is 11.7 Å². The quantitative estimate of drug-likeness (QED) is 0.776. The van der Waals surface area contributed by atoms with E-state index in [1.165, 1.54) is 0 Å². The number of rotatable bonds is 2. The van der Waals surface area contributed by atoms with Gasteiger partial charge in [-0.2, -0.15) is 15.4 Å². The lowest BCUT2D eigenvalue weighted by molar-refractivity contribution is -0.119. The first-order valence-corrected chi connectivity index (χ1v) is 6.09. The van der Waals surface area contributed by atoms with Gasteiger partial charge in [0.25, 0.3) is 0 Å². The lowest BCUT2D eigenvalue weighted by atomic mass is 10.1. The summed E-state index contributed by atoms with van der Waals surface area (Å²) in [4.78, 5) is 12.0. The van der Waals surface area contributed by atoms with E-state index in [4.69, 9.17) is 5.73 Å². The number of halogens is 1. The molecule has 1 aromatic carbocycles. The number of carbonyl (C=O) groups is 1. The zero-order valence-corrected chi connectivity index (χ0v) is 11.1. The maximum Gasteiger partial charge on any atom is 0.227 e. The van der Waals surface area contributed by atoms with E-state index in [1.54, 1.807) is 0 Å². The highest BCUT2D eigenvalue weighted by Crippen LogP contribution is 2.25. The van der Waals surface area contributed by atoms with Gasteiger partial charge in [0, 0.05) is 17.6 Å². The van der Waals surface area contributed by atoms with Crippen LogP contribution in [0.5, 0.6) is 0 Å². The van der Waals surface area contributed by atoms with E-state index in [1.807, 2.05) is 18.2 Å². The lowest BCUT2D eigenvalue weighted by Gasteiger charge is -2.10. The second kappa shape index (κ2) is 5.54.